The summed E-state index contributed by atoms with van der Waals surface area (Å²) in [5.41, 5.74) is 4.00. The molecule has 0 bridgehead atoms. The van der Waals surface area contributed by atoms with Crippen molar-refractivity contribution in [1.29, 1.82) is 0 Å². The van der Waals surface area contributed by atoms with Crippen LogP contribution >= 0.6 is 0 Å². The Morgan fingerprint density at radius 2 is 2.08 bits per heavy atom. The number of rotatable bonds is 3. The van der Waals surface area contributed by atoms with Crippen molar-refractivity contribution in [3.63, 3.8) is 0 Å². The molecule has 3 aromatic rings. The van der Waals surface area contributed by atoms with E-state index in [0.29, 0.717) is 11.5 Å². The number of aromatic amines is 1. The topological polar surface area (TPSA) is 40.7 Å². The van der Waals surface area contributed by atoms with Crippen molar-refractivity contribution in [2.75, 3.05) is 5.32 Å². The van der Waals surface area contributed by atoms with Crippen LogP contribution < -0.4 is 5.32 Å². The van der Waals surface area contributed by atoms with Crippen LogP contribution in [-0.2, 0) is 12.8 Å². The van der Waals surface area contributed by atoms with E-state index in [-0.39, 0.29) is 0 Å². The predicted octanol–water partition coefficient (Wildman–Crippen LogP) is 5.10. The van der Waals surface area contributed by atoms with E-state index in [4.69, 9.17) is 0 Å². The summed E-state index contributed by atoms with van der Waals surface area (Å²) in [6.45, 7) is 2.24. The number of pyridine rings is 1. The van der Waals surface area contributed by atoms with Crippen LogP contribution in [-0.4, -0.2) is 9.97 Å². The number of benzene rings is 1. The summed E-state index contributed by atoms with van der Waals surface area (Å²) in [6, 6.07) is 7.67. The Hall–Kier alpha value is -2.43. The Morgan fingerprint density at radius 1 is 1.21 bits per heavy atom. The third-order valence-corrected chi connectivity index (χ3v) is 4.92. The fourth-order valence-corrected chi connectivity index (χ4v) is 3.50. The molecule has 2 aromatic heterocycles. The SMILES string of the molecule is CCC1CCc2[nH]c3nc(Nc4ccc(F)c(F)c4)ccc3c2C1. The molecule has 124 valence electrons. The lowest BCUT2D eigenvalue weighted by molar-refractivity contribution is 0.444. The predicted molar refractivity (Wildman–Crippen MR) is 91.5 cm³/mol. The summed E-state index contributed by atoms with van der Waals surface area (Å²) in [6.07, 6.45) is 4.59. The highest BCUT2D eigenvalue weighted by Gasteiger charge is 2.21. The van der Waals surface area contributed by atoms with Gasteiger partial charge >= 0.3 is 0 Å². The average Bonchev–Trinajstić information content (AvgIpc) is 2.95. The number of aryl methyl sites for hydroxylation is 1. The fourth-order valence-electron chi connectivity index (χ4n) is 3.50. The van der Waals surface area contributed by atoms with Gasteiger partial charge in [0.2, 0.25) is 0 Å². The van der Waals surface area contributed by atoms with E-state index in [1.165, 1.54) is 35.6 Å². The van der Waals surface area contributed by atoms with E-state index in [1.807, 2.05) is 6.07 Å². The Balaban J connectivity index is 1.65. The van der Waals surface area contributed by atoms with Crippen molar-refractivity contribution in [3.05, 3.63) is 53.2 Å². The van der Waals surface area contributed by atoms with Crippen molar-refractivity contribution < 1.29 is 8.78 Å². The number of halogens is 2. The van der Waals surface area contributed by atoms with Crippen LogP contribution in [0.1, 0.15) is 31.0 Å². The molecule has 0 saturated carbocycles. The van der Waals surface area contributed by atoms with Crippen LogP contribution in [0.15, 0.2) is 30.3 Å². The lowest BCUT2D eigenvalue weighted by Crippen LogP contribution is -2.12. The molecule has 5 heteroatoms. The zero-order chi connectivity index (χ0) is 16.7. The van der Waals surface area contributed by atoms with Crippen molar-refractivity contribution in [1.82, 2.24) is 9.97 Å². The van der Waals surface area contributed by atoms with E-state index in [9.17, 15) is 8.78 Å². The molecule has 0 radical (unpaired) electrons. The van der Waals surface area contributed by atoms with E-state index in [2.05, 4.69) is 28.3 Å². The molecule has 0 fully saturated rings. The van der Waals surface area contributed by atoms with Crippen LogP contribution in [0.2, 0.25) is 0 Å². The first kappa shape index (κ1) is 15.1. The van der Waals surface area contributed by atoms with E-state index in [0.717, 1.165) is 36.5 Å². The van der Waals surface area contributed by atoms with Gasteiger partial charge in [-0.1, -0.05) is 13.3 Å². The second-order valence-corrected chi connectivity index (χ2v) is 6.45. The average molecular weight is 327 g/mol. The maximum absolute atomic E-state index is 13.3. The van der Waals surface area contributed by atoms with Gasteiger partial charge in [0.15, 0.2) is 11.6 Å². The summed E-state index contributed by atoms with van der Waals surface area (Å²) >= 11 is 0. The van der Waals surface area contributed by atoms with Crippen molar-refractivity contribution >= 4 is 22.5 Å². The van der Waals surface area contributed by atoms with Gasteiger partial charge < -0.3 is 10.3 Å². The number of anilines is 2. The molecule has 4 rings (SSSR count). The van der Waals surface area contributed by atoms with Crippen molar-refractivity contribution in [2.45, 2.75) is 32.6 Å². The molecule has 0 amide bonds. The summed E-state index contributed by atoms with van der Waals surface area (Å²) < 4.78 is 26.3. The molecule has 24 heavy (non-hydrogen) atoms. The van der Waals surface area contributed by atoms with Crippen LogP contribution in [0.5, 0.6) is 0 Å². The van der Waals surface area contributed by atoms with Crippen LogP contribution in [0.25, 0.3) is 11.0 Å². The highest BCUT2D eigenvalue weighted by molar-refractivity contribution is 5.83. The molecule has 3 nitrogen and oxygen atoms in total. The standard InChI is InChI=1S/C19H19F2N3/c1-2-11-3-7-17-14(9-11)13-5-8-18(24-19(13)23-17)22-12-4-6-15(20)16(21)10-12/h4-6,8,10-11H,2-3,7,9H2,1H3,(H2,22,23,24). The second-order valence-electron chi connectivity index (χ2n) is 6.45. The first-order chi connectivity index (χ1) is 11.6. The molecular weight excluding hydrogens is 308 g/mol. The van der Waals surface area contributed by atoms with E-state index < -0.39 is 11.6 Å². The first-order valence-corrected chi connectivity index (χ1v) is 8.36. The van der Waals surface area contributed by atoms with E-state index >= 15 is 0 Å². The summed E-state index contributed by atoms with van der Waals surface area (Å²) in [5.74, 6) is -0.371. The summed E-state index contributed by atoms with van der Waals surface area (Å²) in [4.78, 5) is 8.02. The molecule has 1 aliphatic rings. The molecular formula is C19H19F2N3. The highest BCUT2D eigenvalue weighted by atomic mass is 19.2. The molecule has 0 saturated heterocycles. The van der Waals surface area contributed by atoms with Gasteiger partial charge in [-0.15, -0.1) is 0 Å². The third-order valence-electron chi connectivity index (χ3n) is 4.92. The summed E-state index contributed by atoms with van der Waals surface area (Å²) in [5, 5.41) is 4.19. The largest absolute Gasteiger partial charge is 0.343 e. The minimum Gasteiger partial charge on any atom is -0.343 e. The lowest BCUT2D eigenvalue weighted by Gasteiger charge is -2.20. The van der Waals surface area contributed by atoms with Gasteiger partial charge in [-0.3, -0.25) is 0 Å². The molecule has 1 unspecified atom stereocenters. The third kappa shape index (κ3) is 2.64. The smallest absolute Gasteiger partial charge is 0.160 e. The number of fused-ring (bicyclic) bond motifs is 3. The first-order valence-electron chi connectivity index (χ1n) is 8.36. The number of aromatic nitrogens is 2. The minimum atomic E-state index is -0.873. The Labute approximate surface area is 139 Å². The van der Waals surface area contributed by atoms with Gasteiger partial charge in [0.25, 0.3) is 0 Å². The van der Waals surface area contributed by atoms with Crippen molar-refractivity contribution in [2.24, 2.45) is 5.92 Å². The molecule has 0 aliphatic heterocycles. The van der Waals surface area contributed by atoms with Gasteiger partial charge in [0.05, 0.1) is 0 Å². The minimum absolute atomic E-state index is 0.475. The Bertz CT molecular complexity index is 901. The van der Waals surface area contributed by atoms with Gasteiger partial charge in [0, 0.05) is 22.8 Å². The highest BCUT2D eigenvalue weighted by Crippen LogP contribution is 2.33. The zero-order valence-electron chi connectivity index (χ0n) is 13.5. The quantitative estimate of drug-likeness (QED) is 0.702. The van der Waals surface area contributed by atoms with Crippen LogP contribution in [0.4, 0.5) is 20.3 Å². The molecule has 0 spiro atoms. The molecule has 2 N–H and O–H groups in total. The van der Waals surface area contributed by atoms with Gasteiger partial charge in [0.1, 0.15) is 11.5 Å². The monoisotopic (exact) mass is 327 g/mol. The maximum atomic E-state index is 13.3. The van der Waals surface area contributed by atoms with Gasteiger partial charge in [-0.25, -0.2) is 13.8 Å². The number of hydrogen-bond donors (Lipinski definition) is 2. The van der Waals surface area contributed by atoms with Crippen LogP contribution in [0.3, 0.4) is 0 Å². The second kappa shape index (κ2) is 5.89. The number of H-pyrrole nitrogens is 1. The Morgan fingerprint density at radius 3 is 2.88 bits per heavy atom. The van der Waals surface area contributed by atoms with Gasteiger partial charge in [-0.05, 0) is 55.0 Å². The fraction of sp³-hybridized carbons (Fsp3) is 0.316. The number of nitrogens with zero attached hydrogens (tertiary/aromatic N) is 1. The number of nitrogens with one attached hydrogen (secondary N) is 2. The zero-order valence-corrected chi connectivity index (χ0v) is 13.5. The number of hydrogen-bond acceptors (Lipinski definition) is 2. The van der Waals surface area contributed by atoms with E-state index in [1.54, 1.807) is 0 Å². The van der Waals surface area contributed by atoms with Crippen LogP contribution in [0, 0.1) is 17.6 Å². The van der Waals surface area contributed by atoms with Gasteiger partial charge in [-0.2, -0.15) is 0 Å². The normalized spacial score (nSPS) is 17.0. The maximum Gasteiger partial charge on any atom is 0.160 e. The Kier molecular flexibility index (Phi) is 3.71. The summed E-state index contributed by atoms with van der Waals surface area (Å²) in [7, 11) is 0. The lowest BCUT2D eigenvalue weighted by atomic mass is 9.85. The van der Waals surface area contributed by atoms with Crippen molar-refractivity contribution in [3.8, 4) is 0 Å². The molecule has 2 heterocycles. The molecule has 1 atom stereocenters. The molecule has 1 aliphatic carbocycles. The molecule has 1 aromatic carbocycles.